The van der Waals surface area contributed by atoms with Crippen molar-refractivity contribution in [3.8, 4) is 0 Å². The van der Waals surface area contributed by atoms with Crippen molar-refractivity contribution in [1.29, 1.82) is 0 Å². The second kappa shape index (κ2) is 6.33. The number of H-pyrrole nitrogens is 1. The van der Waals surface area contributed by atoms with E-state index in [0.717, 1.165) is 5.52 Å². The maximum absolute atomic E-state index is 12.3. The molecule has 1 atom stereocenters. The number of imidazole rings is 1. The van der Waals surface area contributed by atoms with Crippen LogP contribution in [0.4, 0.5) is 5.69 Å². The molecule has 0 saturated carbocycles. The fourth-order valence-corrected chi connectivity index (χ4v) is 2.91. The van der Waals surface area contributed by atoms with E-state index in [1.165, 1.54) is 18.1 Å². The van der Waals surface area contributed by atoms with Crippen molar-refractivity contribution in [3.63, 3.8) is 0 Å². The Morgan fingerprint density at radius 3 is 2.95 bits per heavy atom. The lowest BCUT2D eigenvalue weighted by atomic mass is 10.3. The molecular formula is C14H12ClN5OS. The molecule has 0 bridgehead atoms. The third-order valence-electron chi connectivity index (χ3n) is 2.98. The average molecular weight is 334 g/mol. The molecule has 0 aliphatic carbocycles. The number of carbonyl (C=O) groups excluding carboxylic acids is 1. The average Bonchev–Trinajstić information content (AvgIpc) is 2.99. The quantitative estimate of drug-likeness (QED) is 0.566. The summed E-state index contributed by atoms with van der Waals surface area (Å²) in [5, 5.41) is 3.65. The molecular weight excluding hydrogens is 322 g/mol. The van der Waals surface area contributed by atoms with E-state index >= 15 is 0 Å². The maximum atomic E-state index is 12.3. The van der Waals surface area contributed by atoms with E-state index in [2.05, 4.69) is 25.3 Å². The van der Waals surface area contributed by atoms with Gasteiger partial charge in [0.25, 0.3) is 0 Å². The highest BCUT2D eigenvalue weighted by molar-refractivity contribution is 8.00. The van der Waals surface area contributed by atoms with Gasteiger partial charge in [-0.15, -0.1) is 0 Å². The molecule has 0 aliphatic rings. The summed E-state index contributed by atoms with van der Waals surface area (Å²) in [6.07, 6.45) is 2.99. The van der Waals surface area contributed by atoms with E-state index in [4.69, 9.17) is 11.6 Å². The Labute approximate surface area is 135 Å². The minimum Gasteiger partial charge on any atom is -0.341 e. The number of nitrogens with one attached hydrogen (secondary N) is 2. The monoisotopic (exact) mass is 333 g/mol. The normalized spacial score (nSPS) is 12.3. The van der Waals surface area contributed by atoms with Crippen molar-refractivity contribution in [3.05, 3.63) is 41.9 Å². The Kier molecular flexibility index (Phi) is 4.26. The van der Waals surface area contributed by atoms with Crippen LogP contribution in [0.2, 0.25) is 5.02 Å². The maximum Gasteiger partial charge on any atom is 0.237 e. The van der Waals surface area contributed by atoms with Crippen molar-refractivity contribution >= 4 is 46.1 Å². The lowest BCUT2D eigenvalue weighted by molar-refractivity contribution is -0.115. The van der Waals surface area contributed by atoms with Crippen LogP contribution in [0.25, 0.3) is 11.2 Å². The predicted molar refractivity (Wildman–Crippen MR) is 87.1 cm³/mol. The minimum absolute atomic E-state index is 0.149. The van der Waals surface area contributed by atoms with E-state index in [1.807, 2.05) is 12.1 Å². The molecule has 1 unspecified atom stereocenters. The molecule has 0 radical (unpaired) electrons. The molecule has 1 amide bonds. The predicted octanol–water partition coefficient (Wildman–Crippen LogP) is 3.13. The summed E-state index contributed by atoms with van der Waals surface area (Å²) in [7, 11) is 0. The number of amides is 1. The zero-order valence-electron chi connectivity index (χ0n) is 11.6. The highest BCUT2D eigenvalue weighted by atomic mass is 35.5. The lowest BCUT2D eigenvalue weighted by Gasteiger charge is -2.12. The van der Waals surface area contributed by atoms with Crippen LogP contribution in [0.5, 0.6) is 0 Å². The SMILES string of the molecule is CC(Sc1ncnc2nc[nH]c12)C(=O)Nc1ccccc1Cl. The van der Waals surface area contributed by atoms with Crippen molar-refractivity contribution in [1.82, 2.24) is 19.9 Å². The summed E-state index contributed by atoms with van der Waals surface area (Å²) in [5.41, 5.74) is 1.90. The van der Waals surface area contributed by atoms with E-state index in [-0.39, 0.29) is 11.2 Å². The molecule has 112 valence electrons. The van der Waals surface area contributed by atoms with Gasteiger partial charge in [0.2, 0.25) is 5.91 Å². The van der Waals surface area contributed by atoms with Gasteiger partial charge < -0.3 is 10.3 Å². The van der Waals surface area contributed by atoms with Crippen LogP contribution in [0, 0.1) is 0 Å². The first-order valence-corrected chi connectivity index (χ1v) is 7.77. The van der Waals surface area contributed by atoms with Gasteiger partial charge in [-0.25, -0.2) is 15.0 Å². The van der Waals surface area contributed by atoms with Crippen LogP contribution in [0.15, 0.2) is 41.9 Å². The first-order chi connectivity index (χ1) is 10.6. The molecule has 1 aromatic carbocycles. The number of anilines is 1. The molecule has 0 saturated heterocycles. The van der Waals surface area contributed by atoms with E-state index in [9.17, 15) is 4.79 Å². The highest BCUT2D eigenvalue weighted by Gasteiger charge is 2.18. The first-order valence-electron chi connectivity index (χ1n) is 6.51. The molecule has 2 aromatic heterocycles. The zero-order chi connectivity index (χ0) is 15.5. The first kappa shape index (κ1) is 14.8. The second-order valence-electron chi connectivity index (χ2n) is 4.51. The largest absolute Gasteiger partial charge is 0.341 e. The standard InChI is InChI=1S/C14H12ClN5OS/c1-8(13(21)20-10-5-3-2-4-9(10)15)22-14-11-12(17-6-16-11)18-7-19-14/h2-8H,1H3,(H,20,21)(H,16,17,18,19). The van der Waals surface area contributed by atoms with Gasteiger partial charge in [0.15, 0.2) is 5.65 Å². The Hall–Kier alpha value is -2.12. The number of thioether (sulfide) groups is 1. The van der Waals surface area contributed by atoms with Crippen LogP contribution >= 0.6 is 23.4 Å². The van der Waals surface area contributed by atoms with Crippen LogP contribution in [-0.4, -0.2) is 31.1 Å². The molecule has 0 aliphatic heterocycles. The van der Waals surface area contributed by atoms with Crippen LogP contribution in [0.1, 0.15) is 6.92 Å². The van der Waals surface area contributed by atoms with Crippen molar-refractivity contribution < 1.29 is 4.79 Å². The summed E-state index contributed by atoms with van der Waals surface area (Å²) >= 11 is 7.37. The van der Waals surface area contributed by atoms with Gasteiger partial charge in [0, 0.05) is 0 Å². The third-order valence-corrected chi connectivity index (χ3v) is 4.41. The van der Waals surface area contributed by atoms with E-state index in [1.54, 1.807) is 25.4 Å². The highest BCUT2D eigenvalue weighted by Crippen LogP contribution is 2.27. The van der Waals surface area contributed by atoms with Gasteiger partial charge in [0.05, 0.1) is 22.3 Å². The third kappa shape index (κ3) is 3.05. The molecule has 3 rings (SSSR count). The molecule has 6 nitrogen and oxygen atoms in total. The molecule has 2 N–H and O–H groups in total. The summed E-state index contributed by atoms with van der Waals surface area (Å²) in [6.45, 7) is 1.81. The summed E-state index contributed by atoms with van der Waals surface area (Å²) in [6, 6.07) is 7.12. The number of halogens is 1. The Bertz CT molecular complexity index is 822. The number of benzene rings is 1. The van der Waals surface area contributed by atoms with Crippen molar-refractivity contribution in [2.45, 2.75) is 17.2 Å². The van der Waals surface area contributed by atoms with Gasteiger partial charge in [-0.3, -0.25) is 4.79 Å². The molecule has 8 heteroatoms. The van der Waals surface area contributed by atoms with E-state index in [0.29, 0.717) is 21.4 Å². The van der Waals surface area contributed by atoms with Gasteiger partial charge in [-0.1, -0.05) is 35.5 Å². The smallest absolute Gasteiger partial charge is 0.237 e. The fraction of sp³-hybridized carbons (Fsp3) is 0.143. The number of aromatic nitrogens is 4. The number of nitrogens with zero attached hydrogens (tertiary/aromatic N) is 3. The Morgan fingerprint density at radius 1 is 1.32 bits per heavy atom. The number of hydrogen-bond acceptors (Lipinski definition) is 5. The Balaban J connectivity index is 1.74. The number of rotatable bonds is 4. The molecule has 2 heterocycles. The van der Waals surface area contributed by atoms with Crippen LogP contribution in [-0.2, 0) is 4.79 Å². The summed E-state index contributed by atoms with van der Waals surface area (Å²) in [5.74, 6) is -0.149. The van der Waals surface area contributed by atoms with Gasteiger partial charge in [0.1, 0.15) is 16.9 Å². The Morgan fingerprint density at radius 2 is 2.14 bits per heavy atom. The number of carbonyl (C=O) groups is 1. The minimum atomic E-state index is -0.349. The molecule has 0 fully saturated rings. The number of hydrogen-bond donors (Lipinski definition) is 2. The van der Waals surface area contributed by atoms with Gasteiger partial charge in [-0.05, 0) is 19.1 Å². The van der Waals surface area contributed by atoms with Gasteiger partial charge in [-0.2, -0.15) is 0 Å². The molecule has 22 heavy (non-hydrogen) atoms. The number of aromatic amines is 1. The zero-order valence-corrected chi connectivity index (χ0v) is 13.1. The van der Waals surface area contributed by atoms with Crippen LogP contribution in [0.3, 0.4) is 0 Å². The van der Waals surface area contributed by atoms with Gasteiger partial charge >= 0.3 is 0 Å². The fourth-order valence-electron chi connectivity index (χ4n) is 1.85. The summed E-state index contributed by atoms with van der Waals surface area (Å²) < 4.78 is 0. The van der Waals surface area contributed by atoms with Crippen molar-refractivity contribution in [2.75, 3.05) is 5.32 Å². The summed E-state index contributed by atoms with van der Waals surface area (Å²) in [4.78, 5) is 27.6. The number of para-hydroxylation sites is 1. The number of fused-ring (bicyclic) bond motifs is 1. The molecule has 0 spiro atoms. The topological polar surface area (TPSA) is 83.6 Å². The van der Waals surface area contributed by atoms with Crippen molar-refractivity contribution in [2.24, 2.45) is 0 Å². The van der Waals surface area contributed by atoms with Crippen LogP contribution < -0.4 is 5.32 Å². The molecule has 3 aromatic rings. The lowest BCUT2D eigenvalue weighted by Crippen LogP contribution is -2.22. The van der Waals surface area contributed by atoms with E-state index < -0.39 is 0 Å². The second-order valence-corrected chi connectivity index (χ2v) is 6.25.